The smallest absolute Gasteiger partial charge is 0.285 e. The first-order valence-corrected chi connectivity index (χ1v) is 6.16. The Morgan fingerprint density at radius 1 is 1.42 bits per heavy atom. The lowest BCUT2D eigenvalue weighted by Crippen LogP contribution is -2.31. The topological polar surface area (TPSA) is 75.5 Å². The number of hydrogen-bond acceptors (Lipinski definition) is 4. The van der Waals surface area contributed by atoms with Crippen molar-refractivity contribution in [2.24, 2.45) is 0 Å². The summed E-state index contributed by atoms with van der Waals surface area (Å²) in [7, 11) is 3.79. The molecule has 0 atom stereocenters. The number of nitrogens with zero attached hydrogens (tertiary/aromatic N) is 2. The van der Waals surface area contributed by atoms with Gasteiger partial charge in [0.1, 0.15) is 5.56 Å². The number of carbonyl (C=O) groups excluding carboxylic acids is 1. The molecule has 0 aromatic heterocycles. The molecule has 0 aliphatic heterocycles. The molecular formula is C13H19N3O3. The van der Waals surface area contributed by atoms with E-state index < -0.39 is 10.8 Å². The van der Waals surface area contributed by atoms with Gasteiger partial charge in [-0.05, 0) is 26.6 Å². The van der Waals surface area contributed by atoms with Crippen LogP contribution in [0.25, 0.3) is 0 Å². The van der Waals surface area contributed by atoms with Crippen LogP contribution in [0.2, 0.25) is 0 Å². The van der Waals surface area contributed by atoms with Crippen LogP contribution in [-0.4, -0.2) is 42.9 Å². The first-order valence-electron chi connectivity index (χ1n) is 6.16. The summed E-state index contributed by atoms with van der Waals surface area (Å²) >= 11 is 0. The van der Waals surface area contributed by atoms with Crippen LogP contribution in [0.3, 0.4) is 0 Å². The van der Waals surface area contributed by atoms with Gasteiger partial charge in [0.25, 0.3) is 11.6 Å². The maximum absolute atomic E-state index is 12.0. The fraction of sp³-hybridized carbons (Fsp3) is 0.462. The fourth-order valence-electron chi connectivity index (χ4n) is 1.76. The Morgan fingerprint density at radius 3 is 2.63 bits per heavy atom. The number of carbonyl (C=O) groups is 1. The quantitative estimate of drug-likeness (QED) is 0.624. The minimum absolute atomic E-state index is 0.0904. The second-order valence-electron chi connectivity index (χ2n) is 4.48. The number of hydrogen-bond donors (Lipinski definition) is 1. The van der Waals surface area contributed by atoms with Crippen LogP contribution in [0, 0.1) is 10.1 Å². The predicted octanol–water partition coefficient (Wildman–Crippen LogP) is 1.45. The standard InChI is InChI=1S/C13H19N3O3/c1-4-10-6-5-7-11(12(10)16(18)19)13(17)14-8-9-15(2)3/h5-7H,4,8-9H2,1-3H3,(H,14,17). The number of nitro benzene ring substituents is 1. The number of para-hydroxylation sites is 1. The van der Waals surface area contributed by atoms with Gasteiger partial charge in [0, 0.05) is 18.7 Å². The van der Waals surface area contributed by atoms with Crippen molar-refractivity contribution < 1.29 is 9.72 Å². The van der Waals surface area contributed by atoms with E-state index in [0.29, 0.717) is 25.1 Å². The van der Waals surface area contributed by atoms with Crippen LogP contribution in [0.4, 0.5) is 5.69 Å². The summed E-state index contributed by atoms with van der Waals surface area (Å²) in [5.41, 5.74) is 0.612. The normalized spacial score (nSPS) is 10.5. The van der Waals surface area contributed by atoms with Crippen molar-refractivity contribution in [3.63, 3.8) is 0 Å². The van der Waals surface area contributed by atoms with E-state index in [1.807, 2.05) is 25.9 Å². The average molecular weight is 265 g/mol. The van der Waals surface area contributed by atoms with Crippen molar-refractivity contribution in [1.29, 1.82) is 0 Å². The molecule has 0 saturated carbocycles. The highest BCUT2D eigenvalue weighted by molar-refractivity contribution is 5.98. The van der Waals surface area contributed by atoms with Gasteiger partial charge in [-0.3, -0.25) is 14.9 Å². The molecule has 0 unspecified atom stereocenters. The number of amides is 1. The molecular weight excluding hydrogens is 246 g/mol. The number of nitro groups is 1. The number of likely N-dealkylation sites (N-methyl/N-ethyl adjacent to an activating group) is 1. The van der Waals surface area contributed by atoms with Gasteiger partial charge in [0.15, 0.2) is 0 Å². The van der Waals surface area contributed by atoms with E-state index in [2.05, 4.69) is 5.32 Å². The number of rotatable bonds is 6. The number of aryl methyl sites for hydroxylation is 1. The molecule has 0 fully saturated rings. The molecule has 0 heterocycles. The largest absolute Gasteiger partial charge is 0.351 e. The second kappa shape index (κ2) is 6.84. The summed E-state index contributed by atoms with van der Waals surface area (Å²) in [6.07, 6.45) is 0.523. The molecule has 6 heteroatoms. The number of benzene rings is 1. The summed E-state index contributed by atoms with van der Waals surface area (Å²) in [4.78, 5) is 24.5. The van der Waals surface area contributed by atoms with E-state index >= 15 is 0 Å². The Balaban J connectivity index is 2.93. The minimum atomic E-state index is -0.486. The van der Waals surface area contributed by atoms with Gasteiger partial charge in [-0.1, -0.05) is 19.1 Å². The van der Waals surface area contributed by atoms with Gasteiger partial charge in [0.2, 0.25) is 0 Å². The van der Waals surface area contributed by atoms with Gasteiger partial charge in [-0.2, -0.15) is 0 Å². The third kappa shape index (κ3) is 4.03. The molecule has 0 spiro atoms. The summed E-state index contributed by atoms with van der Waals surface area (Å²) in [5, 5.41) is 13.8. The van der Waals surface area contributed by atoms with E-state index in [-0.39, 0.29) is 11.3 Å². The van der Waals surface area contributed by atoms with Crippen LogP contribution in [0.15, 0.2) is 18.2 Å². The maximum Gasteiger partial charge on any atom is 0.285 e. The Bertz CT molecular complexity index is 472. The molecule has 1 rings (SSSR count). The molecule has 1 N–H and O–H groups in total. The van der Waals surface area contributed by atoms with Crippen LogP contribution in [0.1, 0.15) is 22.8 Å². The SMILES string of the molecule is CCc1cccc(C(=O)NCCN(C)C)c1[N+](=O)[O-]. The van der Waals surface area contributed by atoms with E-state index in [0.717, 1.165) is 0 Å². The molecule has 0 aliphatic rings. The Hall–Kier alpha value is -1.95. The molecule has 6 nitrogen and oxygen atoms in total. The first-order chi connectivity index (χ1) is 8.97. The lowest BCUT2D eigenvalue weighted by atomic mass is 10.0. The molecule has 1 amide bonds. The molecule has 1 aromatic carbocycles. The summed E-state index contributed by atoms with van der Waals surface area (Å²) in [5.74, 6) is -0.399. The van der Waals surface area contributed by atoms with Gasteiger partial charge in [-0.15, -0.1) is 0 Å². The molecule has 104 valence electrons. The zero-order valence-electron chi connectivity index (χ0n) is 11.5. The number of nitrogens with one attached hydrogen (secondary N) is 1. The van der Waals surface area contributed by atoms with Crippen molar-refractivity contribution in [1.82, 2.24) is 10.2 Å². The predicted molar refractivity (Wildman–Crippen MR) is 73.4 cm³/mol. The highest BCUT2D eigenvalue weighted by Crippen LogP contribution is 2.24. The van der Waals surface area contributed by atoms with Crippen molar-refractivity contribution in [3.05, 3.63) is 39.4 Å². The van der Waals surface area contributed by atoms with E-state index in [9.17, 15) is 14.9 Å². The molecule has 19 heavy (non-hydrogen) atoms. The average Bonchev–Trinajstić information content (AvgIpc) is 2.36. The lowest BCUT2D eigenvalue weighted by molar-refractivity contribution is -0.385. The van der Waals surface area contributed by atoms with E-state index in [1.54, 1.807) is 12.1 Å². The van der Waals surface area contributed by atoms with Crippen molar-refractivity contribution in [2.45, 2.75) is 13.3 Å². The van der Waals surface area contributed by atoms with Crippen molar-refractivity contribution in [2.75, 3.05) is 27.2 Å². The molecule has 0 bridgehead atoms. The first kappa shape index (κ1) is 15.1. The van der Waals surface area contributed by atoms with Gasteiger partial charge >= 0.3 is 0 Å². The molecule has 1 aromatic rings. The second-order valence-corrected chi connectivity index (χ2v) is 4.48. The third-order valence-electron chi connectivity index (χ3n) is 2.77. The summed E-state index contributed by atoms with van der Waals surface area (Å²) in [6.45, 7) is 2.97. The van der Waals surface area contributed by atoms with E-state index in [1.165, 1.54) is 6.07 Å². The van der Waals surface area contributed by atoms with Crippen molar-refractivity contribution >= 4 is 11.6 Å². The molecule has 0 saturated heterocycles. The van der Waals surface area contributed by atoms with Crippen LogP contribution < -0.4 is 5.32 Å². The third-order valence-corrected chi connectivity index (χ3v) is 2.77. The monoisotopic (exact) mass is 265 g/mol. The molecule has 0 radical (unpaired) electrons. The van der Waals surface area contributed by atoms with Gasteiger partial charge < -0.3 is 10.2 Å². The van der Waals surface area contributed by atoms with Gasteiger partial charge in [0.05, 0.1) is 4.92 Å². The van der Waals surface area contributed by atoms with Crippen LogP contribution in [-0.2, 0) is 6.42 Å². The summed E-state index contributed by atoms with van der Waals surface area (Å²) < 4.78 is 0. The minimum Gasteiger partial charge on any atom is -0.351 e. The van der Waals surface area contributed by atoms with E-state index in [4.69, 9.17) is 0 Å². The van der Waals surface area contributed by atoms with Crippen LogP contribution in [0.5, 0.6) is 0 Å². The Kier molecular flexibility index (Phi) is 5.44. The highest BCUT2D eigenvalue weighted by Gasteiger charge is 2.23. The molecule has 0 aliphatic carbocycles. The highest BCUT2D eigenvalue weighted by atomic mass is 16.6. The van der Waals surface area contributed by atoms with Crippen molar-refractivity contribution in [3.8, 4) is 0 Å². The zero-order chi connectivity index (χ0) is 14.4. The fourth-order valence-corrected chi connectivity index (χ4v) is 1.76. The van der Waals surface area contributed by atoms with Gasteiger partial charge in [-0.25, -0.2) is 0 Å². The lowest BCUT2D eigenvalue weighted by Gasteiger charge is -2.11. The Morgan fingerprint density at radius 2 is 2.11 bits per heavy atom. The van der Waals surface area contributed by atoms with Crippen LogP contribution >= 0.6 is 0 Å². The zero-order valence-corrected chi connectivity index (χ0v) is 11.5. The maximum atomic E-state index is 12.0. The Labute approximate surface area is 112 Å². The summed E-state index contributed by atoms with van der Waals surface area (Å²) in [6, 6.07) is 4.84.